The molecule has 0 N–H and O–H groups in total. The standard InChI is InChI=1S/C14H22O4/c1-4-7-8-9-10-17-14(16)12(5-2)11-18-13(15)6-3/h6,11H,3-5,7-10H2,1-2H3/b12-11+. The van der Waals surface area contributed by atoms with Crippen molar-refractivity contribution in [3.63, 3.8) is 0 Å². The molecule has 0 saturated carbocycles. The van der Waals surface area contributed by atoms with Crippen LogP contribution in [0.15, 0.2) is 24.5 Å². The molecule has 0 heterocycles. The molecule has 0 aromatic carbocycles. The molecule has 4 nitrogen and oxygen atoms in total. The fourth-order valence-electron chi connectivity index (χ4n) is 1.24. The largest absolute Gasteiger partial charge is 0.462 e. The highest BCUT2D eigenvalue weighted by atomic mass is 16.5. The molecule has 4 heteroatoms. The fraction of sp³-hybridized carbons (Fsp3) is 0.571. The molecule has 0 fully saturated rings. The van der Waals surface area contributed by atoms with Gasteiger partial charge in [-0.1, -0.05) is 39.7 Å². The summed E-state index contributed by atoms with van der Waals surface area (Å²) >= 11 is 0. The van der Waals surface area contributed by atoms with Crippen LogP contribution >= 0.6 is 0 Å². The highest BCUT2D eigenvalue weighted by Crippen LogP contribution is 2.06. The number of hydrogen-bond acceptors (Lipinski definition) is 4. The number of carbonyl (C=O) groups excluding carboxylic acids is 2. The average molecular weight is 254 g/mol. The lowest BCUT2D eigenvalue weighted by Gasteiger charge is -2.06. The van der Waals surface area contributed by atoms with Gasteiger partial charge in [0.05, 0.1) is 12.2 Å². The van der Waals surface area contributed by atoms with Crippen LogP contribution in [-0.2, 0) is 19.1 Å². The maximum atomic E-state index is 11.6. The Morgan fingerprint density at radius 2 is 1.89 bits per heavy atom. The van der Waals surface area contributed by atoms with Crippen LogP contribution in [0.2, 0.25) is 0 Å². The molecule has 0 bridgehead atoms. The molecule has 0 saturated heterocycles. The first-order chi connectivity index (χ1) is 8.65. The summed E-state index contributed by atoms with van der Waals surface area (Å²) in [6, 6.07) is 0. The molecule has 0 atom stereocenters. The van der Waals surface area contributed by atoms with E-state index >= 15 is 0 Å². The van der Waals surface area contributed by atoms with Gasteiger partial charge in [-0.2, -0.15) is 0 Å². The smallest absolute Gasteiger partial charge is 0.337 e. The van der Waals surface area contributed by atoms with E-state index in [1.54, 1.807) is 6.92 Å². The summed E-state index contributed by atoms with van der Waals surface area (Å²) in [4.78, 5) is 22.5. The van der Waals surface area contributed by atoms with Crippen LogP contribution in [0, 0.1) is 0 Å². The summed E-state index contributed by atoms with van der Waals surface area (Å²) < 4.78 is 9.77. The van der Waals surface area contributed by atoms with Gasteiger partial charge in [-0.3, -0.25) is 0 Å². The molecular weight excluding hydrogens is 232 g/mol. The normalized spacial score (nSPS) is 10.9. The minimum absolute atomic E-state index is 0.348. The minimum Gasteiger partial charge on any atom is -0.462 e. The Labute approximate surface area is 109 Å². The molecule has 0 spiro atoms. The van der Waals surface area contributed by atoms with Gasteiger partial charge in [-0.05, 0) is 12.8 Å². The van der Waals surface area contributed by atoms with Gasteiger partial charge in [-0.25, -0.2) is 9.59 Å². The highest BCUT2D eigenvalue weighted by molar-refractivity contribution is 5.89. The first kappa shape index (κ1) is 16.4. The highest BCUT2D eigenvalue weighted by Gasteiger charge is 2.10. The summed E-state index contributed by atoms with van der Waals surface area (Å²) in [5.41, 5.74) is 0.348. The number of hydrogen-bond donors (Lipinski definition) is 0. The minimum atomic E-state index is -0.586. The molecule has 0 aromatic heterocycles. The second kappa shape index (κ2) is 10.6. The van der Waals surface area contributed by atoms with Gasteiger partial charge in [0.1, 0.15) is 6.26 Å². The quantitative estimate of drug-likeness (QED) is 0.274. The van der Waals surface area contributed by atoms with Crippen LogP contribution in [0.1, 0.15) is 46.0 Å². The van der Waals surface area contributed by atoms with Crippen molar-refractivity contribution >= 4 is 11.9 Å². The Balaban J connectivity index is 4.02. The van der Waals surface area contributed by atoms with E-state index in [0.29, 0.717) is 18.6 Å². The predicted molar refractivity (Wildman–Crippen MR) is 69.8 cm³/mol. The Bertz CT molecular complexity index is 305. The van der Waals surface area contributed by atoms with Crippen molar-refractivity contribution in [1.29, 1.82) is 0 Å². The Morgan fingerprint density at radius 1 is 1.17 bits per heavy atom. The lowest BCUT2D eigenvalue weighted by atomic mass is 10.2. The maximum absolute atomic E-state index is 11.6. The predicted octanol–water partition coefficient (Wildman–Crippen LogP) is 3.13. The van der Waals surface area contributed by atoms with Crippen LogP contribution in [0.25, 0.3) is 0 Å². The first-order valence-electron chi connectivity index (χ1n) is 6.34. The number of ether oxygens (including phenoxy) is 2. The molecule has 0 aromatic rings. The number of unbranched alkanes of at least 4 members (excludes halogenated alkanes) is 3. The topological polar surface area (TPSA) is 52.6 Å². The van der Waals surface area contributed by atoms with Crippen LogP contribution < -0.4 is 0 Å². The van der Waals surface area contributed by atoms with Crippen molar-refractivity contribution in [3.05, 3.63) is 24.5 Å². The lowest BCUT2D eigenvalue weighted by molar-refractivity contribution is -0.139. The van der Waals surface area contributed by atoms with Crippen LogP contribution in [0.4, 0.5) is 0 Å². The van der Waals surface area contributed by atoms with Crippen molar-refractivity contribution in [2.24, 2.45) is 0 Å². The fourth-order valence-corrected chi connectivity index (χ4v) is 1.24. The molecule has 0 aliphatic carbocycles. The van der Waals surface area contributed by atoms with Gasteiger partial charge in [0.25, 0.3) is 0 Å². The zero-order valence-corrected chi connectivity index (χ0v) is 11.2. The molecule has 18 heavy (non-hydrogen) atoms. The zero-order chi connectivity index (χ0) is 13.8. The molecule has 102 valence electrons. The van der Waals surface area contributed by atoms with Gasteiger partial charge in [0.2, 0.25) is 0 Å². The van der Waals surface area contributed by atoms with E-state index < -0.39 is 11.9 Å². The van der Waals surface area contributed by atoms with E-state index in [1.165, 1.54) is 0 Å². The number of rotatable bonds is 9. The summed E-state index contributed by atoms with van der Waals surface area (Å²) in [5, 5.41) is 0. The molecule has 0 unspecified atom stereocenters. The summed E-state index contributed by atoms with van der Waals surface area (Å²) in [7, 11) is 0. The van der Waals surface area contributed by atoms with Crippen molar-refractivity contribution in [2.45, 2.75) is 46.0 Å². The van der Waals surface area contributed by atoms with E-state index in [1.807, 2.05) is 0 Å². The van der Waals surface area contributed by atoms with Gasteiger partial charge in [0, 0.05) is 6.08 Å². The molecule has 0 aliphatic rings. The molecule has 0 amide bonds. The van der Waals surface area contributed by atoms with Crippen LogP contribution in [0.3, 0.4) is 0 Å². The monoisotopic (exact) mass is 254 g/mol. The molecular formula is C14H22O4. The summed E-state index contributed by atoms with van der Waals surface area (Å²) in [5.74, 6) is -1.01. The van der Waals surface area contributed by atoms with Crippen molar-refractivity contribution in [2.75, 3.05) is 6.61 Å². The second-order valence-corrected chi connectivity index (χ2v) is 3.83. The second-order valence-electron chi connectivity index (χ2n) is 3.83. The van der Waals surface area contributed by atoms with E-state index in [0.717, 1.165) is 38.0 Å². The Morgan fingerprint density at radius 3 is 2.44 bits per heavy atom. The molecule has 0 rings (SSSR count). The lowest BCUT2D eigenvalue weighted by Crippen LogP contribution is -2.09. The number of esters is 2. The van der Waals surface area contributed by atoms with Crippen LogP contribution in [0.5, 0.6) is 0 Å². The van der Waals surface area contributed by atoms with E-state index in [2.05, 4.69) is 13.5 Å². The Hall–Kier alpha value is -1.58. The Kier molecular flexibility index (Phi) is 9.64. The van der Waals surface area contributed by atoms with Crippen LogP contribution in [-0.4, -0.2) is 18.5 Å². The molecule has 0 radical (unpaired) electrons. The summed E-state index contributed by atoms with van der Waals surface area (Å²) in [6.07, 6.45) is 6.84. The van der Waals surface area contributed by atoms with E-state index in [9.17, 15) is 9.59 Å². The van der Waals surface area contributed by atoms with Crippen molar-refractivity contribution in [3.8, 4) is 0 Å². The summed E-state index contributed by atoms with van der Waals surface area (Å²) in [6.45, 7) is 7.60. The maximum Gasteiger partial charge on any atom is 0.337 e. The van der Waals surface area contributed by atoms with Gasteiger partial charge >= 0.3 is 11.9 Å². The zero-order valence-electron chi connectivity index (χ0n) is 11.2. The number of carbonyl (C=O) groups is 2. The van der Waals surface area contributed by atoms with Gasteiger partial charge in [0.15, 0.2) is 0 Å². The third-order valence-electron chi connectivity index (χ3n) is 2.36. The van der Waals surface area contributed by atoms with Crippen molar-refractivity contribution in [1.82, 2.24) is 0 Å². The molecule has 0 aliphatic heterocycles. The average Bonchev–Trinajstić information content (AvgIpc) is 2.38. The van der Waals surface area contributed by atoms with Gasteiger partial charge < -0.3 is 9.47 Å². The van der Waals surface area contributed by atoms with Crippen molar-refractivity contribution < 1.29 is 19.1 Å². The first-order valence-corrected chi connectivity index (χ1v) is 6.34. The van der Waals surface area contributed by atoms with E-state index in [4.69, 9.17) is 9.47 Å². The third kappa shape index (κ3) is 7.65. The van der Waals surface area contributed by atoms with Gasteiger partial charge in [-0.15, -0.1) is 0 Å². The van der Waals surface area contributed by atoms with E-state index in [-0.39, 0.29) is 0 Å². The third-order valence-corrected chi connectivity index (χ3v) is 2.36. The SMILES string of the molecule is C=CC(=O)O/C=C(\CC)C(=O)OCCCCCC.